The van der Waals surface area contributed by atoms with Gasteiger partial charge in [-0.05, 0) is 34.3 Å². The van der Waals surface area contributed by atoms with Gasteiger partial charge in [0.25, 0.3) is 0 Å². The molecule has 0 aliphatic heterocycles. The van der Waals surface area contributed by atoms with E-state index in [1.54, 1.807) is 11.3 Å². The second-order valence-corrected chi connectivity index (χ2v) is 5.88. The van der Waals surface area contributed by atoms with Crippen molar-refractivity contribution < 1.29 is 5.11 Å². The van der Waals surface area contributed by atoms with Crippen LogP contribution in [0.1, 0.15) is 18.7 Å². The third-order valence-electron chi connectivity index (χ3n) is 2.40. The molecule has 86 valence electrons. The first-order valence-electron chi connectivity index (χ1n) is 5.20. The summed E-state index contributed by atoms with van der Waals surface area (Å²) in [7, 11) is 0. The van der Waals surface area contributed by atoms with Gasteiger partial charge >= 0.3 is 0 Å². The van der Waals surface area contributed by atoms with Gasteiger partial charge in [-0.2, -0.15) is 0 Å². The SMILES string of the molecule is CC(C)C(CO)NCCc1cc(Br)cs1. The normalized spacial score (nSPS) is 13.4. The number of hydrogen-bond acceptors (Lipinski definition) is 3. The van der Waals surface area contributed by atoms with E-state index in [0.29, 0.717) is 5.92 Å². The van der Waals surface area contributed by atoms with E-state index in [1.807, 2.05) is 0 Å². The molecule has 2 nitrogen and oxygen atoms in total. The van der Waals surface area contributed by atoms with Crippen LogP contribution in [0.25, 0.3) is 0 Å². The minimum absolute atomic E-state index is 0.214. The van der Waals surface area contributed by atoms with E-state index >= 15 is 0 Å². The van der Waals surface area contributed by atoms with E-state index in [4.69, 9.17) is 5.11 Å². The van der Waals surface area contributed by atoms with Crippen molar-refractivity contribution in [1.82, 2.24) is 5.32 Å². The minimum Gasteiger partial charge on any atom is -0.395 e. The Morgan fingerprint density at radius 2 is 2.27 bits per heavy atom. The monoisotopic (exact) mass is 291 g/mol. The van der Waals surface area contributed by atoms with Gasteiger partial charge in [-0.3, -0.25) is 0 Å². The molecule has 0 aliphatic rings. The number of aliphatic hydroxyl groups excluding tert-OH is 1. The minimum atomic E-state index is 0.214. The zero-order chi connectivity index (χ0) is 11.3. The number of hydrogen-bond donors (Lipinski definition) is 2. The summed E-state index contributed by atoms with van der Waals surface area (Å²) in [6, 6.07) is 2.36. The average molecular weight is 292 g/mol. The summed E-state index contributed by atoms with van der Waals surface area (Å²) in [4.78, 5) is 1.37. The van der Waals surface area contributed by atoms with Crippen molar-refractivity contribution >= 4 is 27.3 Å². The lowest BCUT2D eigenvalue weighted by Crippen LogP contribution is -2.38. The maximum Gasteiger partial charge on any atom is 0.0587 e. The van der Waals surface area contributed by atoms with Crippen molar-refractivity contribution in [1.29, 1.82) is 0 Å². The number of rotatable bonds is 6. The molecule has 2 N–H and O–H groups in total. The van der Waals surface area contributed by atoms with Crippen LogP contribution < -0.4 is 5.32 Å². The van der Waals surface area contributed by atoms with Crippen LogP contribution in [0.5, 0.6) is 0 Å². The molecule has 0 bridgehead atoms. The Morgan fingerprint density at radius 3 is 2.73 bits per heavy atom. The van der Waals surface area contributed by atoms with Crippen LogP contribution in [-0.4, -0.2) is 24.3 Å². The van der Waals surface area contributed by atoms with Crippen LogP contribution in [-0.2, 0) is 6.42 Å². The van der Waals surface area contributed by atoms with Crippen LogP contribution in [0.15, 0.2) is 15.9 Å². The fourth-order valence-electron chi connectivity index (χ4n) is 1.38. The van der Waals surface area contributed by atoms with E-state index in [2.05, 4.69) is 46.5 Å². The quantitative estimate of drug-likeness (QED) is 0.845. The predicted octanol–water partition coefficient (Wildman–Crippen LogP) is 2.66. The number of aliphatic hydroxyl groups is 1. The molecule has 1 unspecified atom stereocenters. The summed E-state index contributed by atoms with van der Waals surface area (Å²) in [6.45, 7) is 5.38. The smallest absolute Gasteiger partial charge is 0.0587 e. The van der Waals surface area contributed by atoms with Gasteiger partial charge in [0.1, 0.15) is 0 Å². The highest BCUT2D eigenvalue weighted by atomic mass is 79.9. The average Bonchev–Trinajstić information content (AvgIpc) is 2.58. The summed E-state index contributed by atoms with van der Waals surface area (Å²) in [6.07, 6.45) is 1.03. The third kappa shape index (κ3) is 4.64. The van der Waals surface area contributed by atoms with Crippen molar-refractivity contribution in [3.8, 4) is 0 Å². The third-order valence-corrected chi connectivity index (χ3v) is 4.16. The van der Waals surface area contributed by atoms with Crippen molar-refractivity contribution in [2.24, 2.45) is 5.92 Å². The van der Waals surface area contributed by atoms with E-state index in [-0.39, 0.29) is 12.6 Å². The molecule has 0 aromatic carbocycles. The first kappa shape index (κ1) is 13.2. The summed E-state index contributed by atoms with van der Waals surface area (Å²) in [5, 5.41) is 14.6. The molecular weight excluding hydrogens is 274 g/mol. The van der Waals surface area contributed by atoms with Gasteiger partial charge in [0.05, 0.1) is 6.61 Å². The Kier molecular flexibility index (Phi) is 5.82. The van der Waals surface area contributed by atoms with Crippen molar-refractivity contribution in [3.05, 3.63) is 20.8 Å². The van der Waals surface area contributed by atoms with Gasteiger partial charge in [-0.15, -0.1) is 11.3 Å². The second kappa shape index (κ2) is 6.63. The maximum absolute atomic E-state index is 9.13. The largest absolute Gasteiger partial charge is 0.395 e. The number of halogens is 1. The molecule has 0 radical (unpaired) electrons. The maximum atomic E-state index is 9.13. The van der Waals surface area contributed by atoms with Crippen LogP contribution >= 0.6 is 27.3 Å². The van der Waals surface area contributed by atoms with Gasteiger partial charge in [0.15, 0.2) is 0 Å². The van der Waals surface area contributed by atoms with Crippen LogP contribution in [0.4, 0.5) is 0 Å². The molecule has 0 fully saturated rings. The number of nitrogens with one attached hydrogen (secondary N) is 1. The van der Waals surface area contributed by atoms with E-state index in [9.17, 15) is 0 Å². The molecule has 4 heteroatoms. The topological polar surface area (TPSA) is 32.3 Å². The Labute approximate surface area is 104 Å². The summed E-state index contributed by atoms with van der Waals surface area (Å²) >= 11 is 5.21. The Hall–Kier alpha value is 0.1000. The van der Waals surface area contributed by atoms with E-state index in [1.165, 1.54) is 4.88 Å². The van der Waals surface area contributed by atoms with Crippen LogP contribution in [0.3, 0.4) is 0 Å². The Morgan fingerprint density at radius 1 is 1.53 bits per heavy atom. The van der Waals surface area contributed by atoms with Gasteiger partial charge < -0.3 is 10.4 Å². The Bertz CT molecular complexity index is 288. The number of thiophene rings is 1. The molecule has 15 heavy (non-hydrogen) atoms. The zero-order valence-electron chi connectivity index (χ0n) is 9.16. The fraction of sp³-hybridized carbons (Fsp3) is 0.636. The van der Waals surface area contributed by atoms with Crippen molar-refractivity contribution in [2.45, 2.75) is 26.3 Å². The molecule has 1 aromatic heterocycles. The van der Waals surface area contributed by atoms with Crippen molar-refractivity contribution in [2.75, 3.05) is 13.2 Å². The lowest BCUT2D eigenvalue weighted by molar-refractivity contribution is 0.212. The van der Waals surface area contributed by atoms with Crippen LogP contribution in [0, 0.1) is 5.92 Å². The molecule has 1 heterocycles. The second-order valence-electron chi connectivity index (χ2n) is 3.97. The first-order chi connectivity index (χ1) is 7.13. The predicted molar refractivity (Wildman–Crippen MR) is 69.4 cm³/mol. The molecule has 0 saturated carbocycles. The molecule has 1 aromatic rings. The molecule has 0 aliphatic carbocycles. The molecule has 0 saturated heterocycles. The first-order valence-corrected chi connectivity index (χ1v) is 6.88. The highest BCUT2D eigenvalue weighted by Gasteiger charge is 2.10. The van der Waals surface area contributed by atoms with E-state index < -0.39 is 0 Å². The summed E-state index contributed by atoms with van der Waals surface area (Å²) in [5.74, 6) is 0.477. The standard InChI is InChI=1S/C11H18BrNOS/c1-8(2)11(6-14)13-4-3-10-5-9(12)7-15-10/h5,7-8,11,13-14H,3-4,6H2,1-2H3. The summed E-state index contributed by atoms with van der Waals surface area (Å²) < 4.78 is 1.16. The van der Waals surface area contributed by atoms with Gasteiger partial charge in [-0.25, -0.2) is 0 Å². The molecule has 1 atom stereocenters. The zero-order valence-corrected chi connectivity index (χ0v) is 11.6. The van der Waals surface area contributed by atoms with Crippen LogP contribution in [0.2, 0.25) is 0 Å². The van der Waals surface area contributed by atoms with Crippen molar-refractivity contribution in [3.63, 3.8) is 0 Å². The lowest BCUT2D eigenvalue weighted by Gasteiger charge is -2.19. The summed E-state index contributed by atoms with van der Waals surface area (Å²) in [5.41, 5.74) is 0. The molecule has 0 spiro atoms. The fourth-order valence-corrected chi connectivity index (χ4v) is 2.83. The highest BCUT2D eigenvalue weighted by molar-refractivity contribution is 9.10. The molecule has 1 rings (SSSR count). The van der Waals surface area contributed by atoms with Gasteiger partial charge in [0, 0.05) is 27.3 Å². The van der Waals surface area contributed by atoms with Gasteiger partial charge in [-0.1, -0.05) is 13.8 Å². The van der Waals surface area contributed by atoms with E-state index in [0.717, 1.165) is 17.4 Å². The highest BCUT2D eigenvalue weighted by Crippen LogP contribution is 2.19. The molecule has 0 amide bonds. The lowest BCUT2D eigenvalue weighted by atomic mass is 10.1. The molecular formula is C11H18BrNOS. The van der Waals surface area contributed by atoms with Gasteiger partial charge in [0.2, 0.25) is 0 Å². The Balaban J connectivity index is 2.26.